The average Bonchev–Trinajstić information content (AvgIpc) is 2.54. The molecule has 3 rings (SSSR count). The number of hydrogen-bond donors (Lipinski definition) is 1. The monoisotopic (exact) mass is 307 g/mol. The van der Waals surface area contributed by atoms with Gasteiger partial charge in [0.15, 0.2) is 5.43 Å². The Balaban J connectivity index is 1.97. The van der Waals surface area contributed by atoms with Crippen molar-refractivity contribution in [2.75, 3.05) is 32.3 Å². The first-order chi connectivity index (χ1) is 10.6. The maximum absolute atomic E-state index is 12.7. The molecule has 8 nitrogen and oxygen atoms in total. The molecule has 1 aromatic rings. The first-order valence-electron chi connectivity index (χ1n) is 7.08. The highest BCUT2D eigenvalue weighted by Gasteiger charge is 2.36. The second-order valence-electron chi connectivity index (χ2n) is 5.17. The highest BCUT2D eigenvalue weighted by atomic mass is 16.5. The molecule has 1 aromatic heterocycles. The number of fused-ring (bicyclic) bond motifs is 2. The Morgan fingerprint density at radius 3 is 3.09 bits per heavy atom. The summed E-state index contributed by atoms with van der Waals surface area (Å²) in [5, 5.41) is 0. The van der Waals surface area contributed by atoms with Crippen molar-refractivity contribution in [3.05, 3.63) is 33.7 Å². The molecule has 0 saturated carbocycles. The van der Waals surface area contributed by atoms with Gasteiger partial charge in [0, 0.05) is 30.8 Å². The lowest BCUT2D eigenvalue weighted by atomic mass is 10.1. The Morgan fingerprint density at radius 1 is 1.50 bits per heavy atom. The molecule has 2 aliphatic rings. The molecule has 1 fully saturated rings. The summed E-state index contributed by atoms with van der Waals surface area (Å²) >= 11 is 0. The van der Waals surface area contributed by atoms with Crippen LogP contribution in [-0.2, 0) is 20.7 Å². The lowest BCUT2D eigenvalue weighted by Crippen LogP contribution is -2.59. The molecule has 118 valence electrons. The van der Waals surface area contributed by atoms with Crippen molar-refractivity contribution >= 4 is 11.9 Å². The molecule has 1 amide bonds. The minimum absolute atomic E-state index is 0.0581. The van der Waals surface area contributed by atoms with Crippen LogP contribution < -0.4 is 10.9 Å². The van der Waals surface area contributed by atoms with Crippen LogP contribution in [0, 0.1) is 0 Å². The van der Waals surface area contributed by atoms with Crippen LogP contribution in [0.5, 0.6) is 0 Å². The Labute approximate surface area is 126 Å². The van der Waals surface area contributed by atoms with Crippen molar-refractivity contribution in [2.45, 2.75) is 19.0 Å². The summed E-state index contributed by atoms with van der Waals surface area (Å²) in [6, 6.07) is 1.38. The van der Waals surface area contributed by atoms with E-state index in [2.05, 4.69) is 10.2 Å². The van der Waals surface area contributed by atoms with Crippen LogP contribution in [0.25, 0.3) is 0 Å². The van der Waals surface area contributed by atoms with Crippen LogP contribution >= 0.6 is 0 Å². The number of methoxy groups -OCH3 is 1. The van der Waals surface area contributed by atoms with Crippen molar-refractivity contribution < 1.29 is 19.1 Å². The fraction of sp³-hybridized carbons (Fsp3) is 0.500. The van der Waals surface area contributed by atoms with E-state index in [-0.39, 0.29) is 36.0 Å². The standard InChI is InChI=1S/C14H17N3O5/c1-21-12(19)3-2-9-10(18)4-5-17-13(9)14(20)16-6-7-22-8-11(16)15-17/h4-5,11,15H,2-3,6-8H2,1H3/t11-/m0/s1. The summed E-state index contributed by atoms with van der Waals surface area (Å²) in [4.78, 5) is 37.8. The molecular weight excluding hydrogens is 290 g/mol. The Morgan fingerprint density at radius 2 is 2.32 bits per heavy atom. The van der Waals surface area contributed by atoms with Crippen molar-refractivity contribution in [2.24, 2.45) is 0 Å². The summed E-state index contributed by atoms with van der Waals surface area (Å²) in [5.41, 5.74) is 3.50. The zero-order chi connectivity index (χ0) is 15.7. The number of esters is 1. The third-order valence-corrected chi connectivity index (χ3v) is 3.89. The number of nitrogens with one attached hydrogen (secondary N) is 1. The van der Waals surface area contributed by atoms with E-state index in [1.807, 2.05) is 0 Å². The van der Waals surface area contributed by atoms with Gasteiger partial charge >= 0.3 is 5.97 Å². The molecule has 3 heterocycles. The van der Waals surface area contributed by atoms with Gasteiger partial charge in [0.05, 0.1) is 20.3 Å². The van der Waals surface area contributed by atoms with Gasteiger partial charge in [0.2, 0.25) is 0 Å². The number of rotatable bonds is 3. The van der Waals surface area contributed by atoms with Crippen molar-refractivity contribution in [1.29, 1.82) is 0 Å². The minimum atomic E-state index is -0.414. The third-order valence-electron chi connectivity index (χ3n) is 3.89. The van der Waals surface area contributed by atoms with E-state index >= 15 is 0 Å². The highest BCUT2D eigenvalue weighted by molar-refractivity contribution is 5.95. The molecular formula is C14H17N3O5. The maximum atomic E-state index is 12.7. The molecule has 1 atom stereocenters. The first kappa shape index (κ1) is 14.6. The summed E-state index contributed by atoms with van der Waals surface area (Å²) in [7, 11) is 1.29. The molecule has 0 aromatic carbocycles. The van der Waals surface area contributed by atoms with E-state index in [9.17, 15) is 14.4 Å². The van der Waals surface area contributed by atoms with Gasteiger partial charge in [-0.1, -0.05) is 0 Å². The number of carbonyl (C=O) groups is 2. The smallest absolute Gasteiger partial charge is 0.305 e. The second-order valence-corrected chi connectivity index (χ2v) is 5.17. The van der Waals surface area contributed by atoms with Gasteiger partial charge in [-0.05, 0) is 6.42 Å². The summed E-state index contributed by atoms with van der Waals surface area (Å²) in [5.74, 6) is -0.632. The van der Waals surface area contributed by atoms with E-state index < -0.39 is 5.97 Å². The molecule has 0 aliphatic carbocycles. The molecule has 1 saturated heterocycles. The fourth-order valence-electron chi connectivity index (χ4n) is 2.74. The van der Waals surface area contributed by atoms with Crippen LogP contribution in [0.2, 0.25) is 0 Å². The molecule has 0 unspecified atom stereocenters. The number of amides is 1. The number of ether oxygens (including phenoxy) is 2. The Hall–Kier alpha value is -2.35. The quantitative estimate of drug-likeness (QED) is 0.744. The van der Waals surface area contributed by atoms with E-state index in [1.165, 1.54) is 19.4 Å². The van der Waals surface area contributed by atoms with Crippen molar-refractivity contribution in [1.82, 2.24) is 9.58 Å². The van der Waals surface area contributed by atoms with Gasteiger partial charge in [0.1, 0.15) is 11.9 Å². The molecule has 8 heteroatoms. The van der Waals surface area contributed by atoms with Crippen LogP contribution in [0.15, 0.2) is 17.1 Å². The summed E-state index contributed by atoms with van der Waals surface area (Å²) in [6.45, 7) is 1.34. The molecule has 22 heavy (non-hydrogen) atoms. The third kappa shape index (κ3) is 2.45. The van der Waals surface area contributed by atoms with Crippen LogP contribution in [0.3, 0.4) is 0 Å². The predicted octanol–water partition coefficient (Wildman–Crippen LogP) is -0.690. The number of pyridine rings is 1. The highest BCUT2D eigenvalue weighted by Crippen LogP contribution is 2.19. The number of morpholine rings is 1. The number of carbonyl (C=O) groups excluding carboxylic acids is 2. The minimum Gasteiger partial charge on any atom is -0.469 e. The zero-order valence-electron chi connectivity index (χ0n) is 12.2. The number of aromatic nitrogens is 1. The van der Waals surface area contributed by atoms with Gasteiger partial charge in [0.25, 0.3) is 5.91 Å². The second kappa shape index (κ2) is 5.80. The van der Waals surface area contributed by atoms with Crippen molar-refractivity contribution in [3.63, 3.8) is 0 Å². The van der Waals surface area contributed by atoms with Gasteiger partial charge in [-0.15, -0.1) is 0 Å². The van der Waals surface area contributed by atoms with Gasteiger partial charge in [-0.25, -0.2) is 0 Å². The van der Waals surface area contributed by atoms with E-state index in [4.69, 9.17) is 4.74 Å². The molecule has 0 bridgehead atoms. The summed E-state index contributed by atoms with van der Waals surface area (Å²) in [6.07, 6.45) is 1.51. The SMILES string of the molecule is COC(=O)CCc1c2n(ccc1=O)N[C@@H]1COCCN1C2=O. The molecule has 0 radical (unpaired) electrons. The van der Waals surface area contributed by atoms with Crippen LogP contribution in [-0.4, -0.2) is 54.5 Å². The molecule has 1 N–H and O–H groups in total. The number of hydrogen-bond acceptors (Lipinski definition) is 6. The largest absolute Gasteiger partial charge is 0.469 e. The lowest BCUT2D eigenvalue weighted by molar-refractivity contribution is -0.140. The van der Waals surface area contributed by atoms with Gasteiger partial charge in [-0.3, -0.25) is 19.1 Å². The van der Waals surface area contributed by atoms with E-state index in [1.54, 1.807) is 9.58 Å². The fourth-order valence-corrected chi connectivity index (χ4v) is 2.74. The normalized spacial score (nSPS) is 20.0. The average molecular weight is 307 g/mol. The van der Waals surface area contributed by atoms with E-state index in [0.717, 1.165) is 0 Å². The topological polar surface area (TPSA) is 89.9 Å². The Bertz CT molecular complexity index is 669. The van der Waals surface area contributed by atoms with Crippen LogP contribution in [0.1, 0.15) is 22.5 Å². The van der Waals surface area contributed by atoms with Gasteiger partial charge < -0.3 is 19.8 Å². The maximum Gasteiger partial charge on any atom is 0.305 e. The molecule has 0 spiro atoms. The van der Waals surface area contributed by atoms with Gasteiger partial charge in [-0.2, -0.15) is 0 Å². The summed E-state index contributed by atoms with van der Waals surface area (Å²) < 4.78 is 11.5. The first-order valence-corrected chi connectivity index (χ1v) is 7.08. The van der Waals surface area contributed by atoms with E-state index in [0.29, 0.717) is 25.3 Å². The zero-order valence-corrected chi connectivity index (χ0v) is 12.2. The molecule has 2 aliphatic heterocycles. The van der Waals surface area contributed by atoms with Crippen molar-refractivity contribution in [3.8, 4) is 0 Å². The predicted molar refractivity (Wildman–Crippen MR) is 76.0 cm³/mol. The lowest BCUT2D eigenvalue weighted by Gasteiger charge is -2.41. The Kier molecular flexibility index (Phi) is 3.84. The number of nitrogens with zero attached hydrogens (tertiary/aromatic N) is 2. The van der Waals surface area contributed by atoms with Crippen LogP contribution in [0.4, 0.5) is 0 Å².